The maximum absolute atomic E-state index is 11.0. The van der Waals surface area contributed by atoms with Crippen LogP contribution in [0, 0.1) is 0 Å². The number of rotatable bonds is 3. The van der Waals surface area contributed by atoms with Crippen molar-refractivity contribution in [3.8, 4) is 0 Å². The summed E-state index contributed by atoms with van der Waals surface area (Å²) in [7, 11) is 0. The van der Waals surface area contributed by atoms with Crippen molar-refractivity contribution in [2.24, 2.45) is 0 Å². The number of hydrogen-bond donors (Lipinski definition) is 1. The zero-order chi connectivity index (χ0) is 9.84. The molecule has 1 aromatic heterocycles. The Bertz CT molecular complexity index is 325. The van der Waals surface area contributed by atoms with E-state index < -0.39 is 11.9 Å². The number of furan rings is 1. The van der Waals surface area contributed by atoms with E-state index in [0.29, 0.717) is 0 Å². The molecule has 0 unspecified atom stereocenters. The molecule has 0 aliphatic heterocycles. The lowest BCUT2D eigenvalue weighted by atomic mass is 10.4. The van der Waals surface area contributed by atoms with Gasteiger partial charge < -0.3 is 14.3 Å². The first-order valence-corrected chi connectivity index (χ1v) is 3.65. The lowest BCUT2D eigenvalue weighted by molar-refractivity contribution is 0.0484. The highest BCUT2D eigenvalue weighted by Gasteiger charge is 2.14. The maximum atomic E-state index is 11.0. The SMILES string of the molecule is CCOC(=O)c1ccc(C(=O)O)o1. The smallest absolute Gasteiger partial charge is 0.374 e. The molecule has 0 saturated heterocycles. The molecule has 1 rings (SSSR count). The van der Waals surface area contributed by atoms with Crippen LogP contribution in [-0.4, -0.2) is 23.7 Å². The minimum atomic E-state index is -1.21. The highest BCUT2D eigenvalue weighted by molar-refractivity contribution is 5.89. The fourth-order valence-corrected chi connectivity index (χ4v) is 0.765. The van der Waals surface area contributed by atoms with E-state index in [0.717, 1.165) is 0 Å². The van der Waals surface area contributed by atoms with E-state index in [-0.39, 0.29) is 18.1 Å². The van der Waals surface area contributed by atoms with Crippen LogP contribution in [0.25, 0.3) is 0 Å². The van der Waals surface area contributed by atoms with E-state index in [9.17, 15) is 9.59 Å². The fraction of sp³-hybridized carbons (Fsp3) is 0.250. The number of carbonyl (C=O) groups excluding carboxylic acids is 1. The Morgan fingerprint density at radius 1 is 1.46 bits per heavy atom. The lowest BCUT2D eigenvalue weighted by Gasteiger charge is -1.95. The molecule has 1 heterocycles. The summed E-state index contributed by atoms with van der Waals surface area (Å²) in [6.07, 6.45) is 0. The van der Waals surface area contributed by atoms with Crippen molar-refractivity contribution in [2.45, 2.75) is 6.92 Å². The molecule has 5 heteroatoms. The van der Waals surface area contributed by atoms with E-state index in [1.807, 2.05) is 0 Å². The van der Waals surface area contributed by atoms with Crippen molar-refractivity contribution in [2.75, 3.05) is 6.61 Å². The number of aromatic carboxylic acids is 1. The summed E-state index contributed by atoms with van der Waals surface area (Å²) >= 11 is 0. The first-order chi connectivity index (χ1) is 6.15. The average Bonchev–Trinajstić information content (AvgIpc) is 2.52. The summed E-state index contributed by atoms with van der Waals surface area (Å²) in [6.45, 7) is 1.88. The molecular weight excluding hydrogens is 176 g/mol. The molecule has 0 atom stereocenters. The number of carboxylic acids is 1. The van der Waals surface area contributed by atoms with E-state index in [2.05, 4.69) is 9.15 Å². The van der Waals surface area contributed by atoms with Crippen LogP contribution in [0.5, 0.6) is 0 Å². The molecule has 0 spiro atoms. The lowest BCUT2D eigenvalue weighted by Crippen LogP contribution is -2.03. The van der Waals surface area contributed by atoms with Crippen molar-refractivity contribution < 1.29 is 23.8 Å². The van der Waals surface area contributed by atoms with Crippen LogP contribution < -0.4 is 0 Å². The Morgan fingerprint density at radius 2 is 2.08 bits per heavy atom. The van der Waals surface area contributed by atoms with Crippen LogP contribution in [-0.2, 0) is 4.74 Å². The van der Waals surface area contributed by atoms with Crippen LogP contribution in [0.15, 0.2) is 16.5 Å². The molecule has 0 radical (unpaired) electrons. The third-order valence-corrected chi connectivity index (χ3v) is 1.29. The molecule has 5 nitrogen and oxygen atoms in total. The van der Waals surface area contributed by atoms with Crippen LogP contribution in [0.1, 0.15) is 28.0 Å². The fourth-order valence-electron chi connectivity index (χ4n) is 0.765. The highest BCUT2D eigenvalue weighted by Crippen LogP contribution is 2.08. The van der Waals surface area contributed by atoms with Crippen molar-refractivity contribution >= 4 is 11.9 Å². The van der Waals surface area contributed by atoms with Gasteiger partial charge in [-0.1, -0.05) is 0 Å². The average molecular weight is 184 g/mol. The van der Waals surface area contributed by atoms with Gasteiger partial charge in [0.15, 0.2) is 0 Å². The summed E-state index contributed by atoms with van der Waals surface area (Å²) in [6, 6.07) is 2.47. The summed E-state index contributed by atoms with van der Waals surface area (Å²) < 4.78 is 9.28. The minimum Gasteiger partial charge on any atom is -0.475 e. The van der Waals surface area contributed by atoms with Crippen LogP contribution >= 0.6 is 0 Å². The van der Waals surface area contributed by atoms with Crippen molar-refractivity contribution in [3.63, 3.8) is 0 Å². The molecule has 13 heavy (non-hydrogen) atoms. The zero-order valence-corrected chi connectivity index (χ0v) is 6.94. The molecule has 0 amide bonds. The van der Waals surface area contributed by atoms with Crippen LogP contribution in [0.2, 0.25) is 0 Å². The van der Waals surface area contributed by atoms with E-state index in [4.69, 9.17) is 5.11 Å². The third kappa shape index (κ3) is 2.08. The molecule has 0 bridgehead atoms. The third-order valence-electron chi connectivity index (χ3n) is 1.29. The number of ether oxygens (including phenoxy) is 1. The Morgan fingerprint density at radius 3 is 2.54 bits per heavy atom. The van der Waals surface area contributed by atoms with E-state index in [1.165, 1.54) is 12.1 Å². The monoisotopic (exact) mass is 184 g/mol. The Hall–Kier alpha value is -1.78. The quantitative estimate of drug-likeness (QED) is 0.713. The van der Waals surface area contributed by atoms with E-state index in [1.54, 1.807) is 6.92 Å². The van der Waals surface area contributed by atoms with Gasteiger partial charge in [-0.3, -0.25) is 0 Å². The molecule has 1 aromatic rings. The molecule has 70 valence electrons. The number of carbonyl (C=O) groups is 2. The molecule has 0 fully saturated rings. The van der Waals surface area contributed by atoms with Gasteiger partial charge in [-0.2, -0.15) is 0 Å². The standard InChI is InChI=1S/C8H8O5/c1-2-12-8(11)6-4-3-5(13-6)7(9)10/h3-4H,2H2,1H3,(H,9,10). The van der Waals surface area contributed by atoms with Crippen molar-refractivity contribution in [3.05, 3.63) is 23.7 Å². The van der Waals surface area contributed by atoms with Gasteiger partial charge >= 0.3 is 11.9 Å². The molecule has 0 saturated carbocycles. The van der Waals surface area contributed by atoms with E-state index >= 15 is 0 Å². The molecule has 0 aromatic carbocycles. The largest absolute Gasteiger partial charge is 0.475 e. The summed E-state index contributed by atoms with van der Waals surface area (Å²) in [4.78, 5) is 21.3. The van der Waals surface area contributed by atoms with Gasteiger partial charge in [0.05, 0.1) is 6.61 Å². The first kappa shape index (κ1) is 9.31. The van der Waals surface area contributed by atoms with Gasteiger partial charge in [-0.15, -0.1) is 0 Å². The normalized spacial score (nSPS) is 9.62. The number of esters is 1. The number of carboxylic acid groups (broad SMARTS) is 1. The second kappa shape index (κ2) is 3.75. The second-order valence-corrected chi connectivity index (χ2v) is 2.19. The van der Waals surface area contributed by atoms with Crippen molar-refractivity contribution in [1.29, 1.82) is 0 Å². The first-order valence-electron chi connectivity index (χ1n) is 3.65. The van der Waals surface area contributed by atoms with Crippen molar-refractivity contribution in [1.82, 2.24) is 0 Å². The summed E-state index contributed by atoms with van der Waals surface area (Å²) in [5, 5.41) is 8.46. The number of hydrogen-bond acceptors (Lipinski definition) is 4. The van der Waals surface area contributed by atoms with Gasteiger partial charge in [0, 0.05) is 0 Å². The topological polar surface area (TPSA) is 76.7 Å². The zero-order valence-electron chi connectivity index (χ0n) is 6.94. The van der Waals surface area contributed by atoms with Gasteiger partial charge in [0.2, 0.25) is 11.5 Å². The van der Waals surface area contributed by atoms with Crippen LogP contribution in [0.3, 0.4) is 0 Å². The maximum Gasteiger partial charge on any atom is 0.374 e. The summed E-state index contributed by atoms with van der Waals surface area (Å²) in [5.74, 6) is -2.24. The van der Waals surface area contributed by atoms with Gasteiger partial charge in [-0.05, 0) is 19.1 Å². The van der Waals surface area contributed by atoms with Gasteiger partial charge in [-0.25, -0.2) is 9.59 Å². The van der Waals surface area contributed by atoms with Gasteiger partial charge in [0.25, 0.3) is 0 Å². The molecule has 0 aliphatic carbocycles. The Labute approximate surface area is 73.9 Å². The Kier molecular flexibility index (Phi) is 2.69. The summed E-state index contributed by atoms with van der Waals surface area (Å²) in [5.41, 5.74) is 0. The second-order valence-electron chi connectivity index (χ2n) is 2.19. The molecule has 1 N–H and O–H groups in total. The molecule has 0 aliphatic rings. The highest BCUT2D eigenvalue weighted by atomic mass is 16.5. The minimum absolute atomic E-state index is 0.0979. The van der Waals surface area contributed by atoms with Gasteiger partial charge in [0.1, 0.15) is 0 Å². The predicted molar refractivity (Wildman–Crippen MR) is 41.6 cm³/mol. The predicted octanol–water partition coefficient (Wildman–Crippen LogP) is 1.15. The Balaban J connectivity index is 2.79. The molecular formula is C8H8O5. The van der Waals surface area contributed by atoms with Crippen LogP contribution in [0.4, 0.5) is 0 Å².